The Bertz CT molecular complexity index is 551. The van der Waals surface area contributed by atoms with Crippen molar-refractivity contribution in [3.05, 3.63) is 47.5 Å². The molecular weight excluding hydrogens is 243 g/mol. The van der Waals surface area contributed by atoms with Crippen LogP contribution >= 0.6 is 0 Å². The van der Waals surface area contributed by atoms with Crippen LogP contribution in [-0.2, 0) is 13.1 Å². The van der Waals surface area contributed by atoms with Gasteiger partial charge in [-0.1, -0.05) is 0 Å². The summed E-state index contributed by atoms with van der Waals surface area (Å²) < 4.78 is 40.8. The molecule has 1 aromatic heterocycles. The minimum Gasteiger partial charge on any atom is -0.377 e. The molecule has 0 saturated heterocycles. The van der Waals surface area contributed by atoms with E-state index in [-0.39, 0.29) is 12.2 Å². The van der Waals surface area contributed by atoms with Crippen LogP contribution in [0.2, 0.25) is 0 Å². The summed E-state index contributed by atoms with van der Waals surface area (Å²) in [5.41, 5.74) is 0.763. The van der Waals surface area contributed by atoms with E-state index in [0.29, 0.717) is 6.54 Å². The SMILES string of the molecule is CCn1nccc1CNc1ccc(F)c(F)c1F. The number of nitrogens with one attached hydrogen (secondary N) is 1. The largest absolute Gasteiger partial charge is 0.377 e. The smallest absolute Gasteiger partial charge is 0.196 e. The van der Waals surface area contributed by atoms with Gasteiger partial charge in [0.15, 0.2) is 17.5 Å². The van der Waals surface area contributed by atoms with E-state index in [4.69, 9.17) is 0 Å². The molecule has 96 valence electrons. The lowest BCUT2D eigenvalue weighted by atomic mass is 10.2. The molecule has 18 heavy (non-hydrogen) atoms. The Morgan fingerprint density at radius 3 is 2.67 bits per heavy atom. The second-order valence-electron chi connectivity index (χ2n) is 3.71. The first-order valence-corrected chi connectivity index (χ1v) is 5.51. The Labute approximate surface area is 102 Å². The fourth-order valence-electron chi connectivity index (χ4n) is 1.64. The number of nitrogens with zero attached hydrogens (tertiary/aromatic N) is 2. The van der Waals surface area contributed by atoms with Gasteiger partial charge < -0.3 is 5.32 Å². The number of aromatic nitrogens is 2. The van der Waals surface area contributed by atoms with E-state index in [0.717, 1.165) is 11.8 Å². The van der Waals surface area contributed by atoms with Crippen molar-refractivity contribution in [2.45, 2.75) is 20.0 Å². The maximum absolute atomic E-state index is 13.4. The molecule has 1 aromatic carbocycles. The number of halogens is 3. The topological polar surface area (TPSA) is 29.9 Å². The van der Waals surface area contributed by atoms with Crippen LogP contribution < -0.4 is 5.32 Å². The highest BCUT2D eigenvalue weighted by Crippen LogP contribution is 2.20. The lowest BCUT2D eigenvalue weighted by molar-refractivity contribution is 0.449. The van der Waals surface area contributed by atoms with E-state index >= 15 is 0 Å². The first-order chi connectivity index (χ1) is 8.63. The number of rotatable bonds is 4. The summed E-state index contributed by atoms with van der Waals surface area (Å²) in [4.78, 5) is 0. The highest BCUT2D eigenvalue weighted by Gasteiger charge is 2.13. The van der Waals surface area contributed by atoms with Crippen LogP contribution in [-0.4, -0.2) is 9.78 Å². The Kier molecular flexibility index (Phi) is 3.55. The standard InChI is InChI=1S/C12H12F3N3/c1-2-18-8(5-6-17-18)7-16-10-4-3-9(13)11(14)12(10)15/h3-6,16H,2,7H2,1H3. The molecule has 0 radical (unpaired) electrons. The highest BCUT2D eigenvalue weighted by molar-refractivity contribution is 5.45. The molecule has 0 unspecified atom stereocenters. The molecule has 0 amide bonds. The summed E-state index contributed by atoms with van der Waals surface area (Å²) in [6.07, 6.45) is 1.63. The first-order valence-electron chi connectivity index (χ1n) is 5.51. The molecule has 0 aliphatic rings. The molecule has 0 aliphatic carbocycles. The molecule has 0 fully saturated rings. The Morgan fingerprint density at radius 2 is 1.94 bits per heavy atom. The Balaban J connectivity index is 2.14. The van der Waals surface area contributed by atoms with Crippen LogP contribution in [0.3, 0.4) is 0 Å². The monoisotopic (exact) mass is 255 g/mol. The number of hydrogen-bond acceptors (Lipinski definition) is 2. The molecule has 0 aliphatic heterocycles. The van der Waals surface area contributed by atoms with Gasteiger partial charge >= 0.3 is 0 Å². The van der Waals surface area contributed by atoms with Crippen molar-refractivity contribution in [3.63, 3.8) is 0 Å². The van der Waals surface area contributed by atoms with Gasteiger partial charge in [0.05, 0.1) is 17.9 Å². The molecule has 3 nitrogen and oxygen atoms in total. The van der Waals surface area contributed by atoms with Gasteiger partial charge in [-0.15, -0.1) is 0 Å². The van der Waals surface area contributed by atoms with E-state index in [1.807, 2.05) is 6.92 Å². The summed E-state index contributed by atoms with van der Waals surface area (Å²) >= 11 is 0. The zero-order valence-corrected chi connectivity index (χ0v) is 9.75. The molecule has 0 spiro atoms. The van der Waals surface area contributed by atoms with Gasteiger partial charge in [-0.2, -0.15) is 5.10 Å². The number of hydrogen-bond donors (Lipinski definition) is 1. The third-order valence-corrected chi connectivity index (χ3v) is 2.60. The maximum Gasteiger partial charge on any atom is 0.196 e. The lowest BCUT2D eigenvalue weighted by Crippen LogP contribution is -2.09. The summed E-state index contributed by atoms with van der Waals surface area (Å²) in [5, 5.41) is 6.77. The Morgan fingerprint density at radius 1 is 1.17 bits per heavy atom. The van der Waals surface area contributed by atoms with Crippen molar-refractivity contribution in [1.29, 1.82) is 0 Å². The molecule has 0 saturated carbocycles. The predicted molar refractivity (Wildman–Crippen MR) is 61.5 cm³/mol. The maximum atomic E-state index is 13.4. The van der Waals surface area contributed by atoms with E-state index < -0.39 is 17.5 Å². The minimum atomic E-state index is -1.47. The molecule has 0 atom stereocenters. The number of aryl methyl sites for hydroxylation is 1. The van der Waals surface area contributed by atoms with Gasteiger partial charge in [0.1, 0.15) is 0 Å². The van der Waals surface area contributed by atoms with Crippen molar-refractivity contribution in [2.24, 2.45) is 0 Å². The van der Waals surface area contributed by atoms with E-state index in [9.17, 15) is 13.2 Å². The fraction of sp³-hybridized carbons (Fsp3) is 0.250. The van der Waals surface area contributed by atoms with Crippen LogP contribution in [0.1, 0.15) is 12.6 Å². The number of benzene rings is 1. The molecule has 2 rings (SSSR count). The lowest BCUT2D eigenvalue weighted by Gasteiger charge is -2.09. The van der Waals surface area contributed by atoms with Crippen molar-refractivity contribution >= 4 is 5.69 Å². The van der Waals surface area contributed by atoms with Crippen LogP contribution in [0.4, 0.5) is 18.9 Å². The van der Waals surface area contributed by atoms with E-state index in [1.165, 1.54) is 6.07 Å². The van der Waals surface area contributed by atoms with Gasteiger partial charge in [-0.3, -0.25) is 4.68 Å². The fourth-order valence-corrected chi connectivity index (χ4v) is 1.64. The zero-order valence-electron chi connectivity index (χ0n) is 9.75. The molecule has 0 bridgehead atoms. The normalized spacial score (nSPS) is 10.7. The van der Waals surface area contributed by atoms with Crippen molar-refractivity contribution < 1.29 is 13.2 Å². The minimum absolute atomic E-state index is 0.0715. The summed E-state index contributed by atoms with van der Waals surface area (Å²) in [7, 11) is 0. The van der Waals surface area contributed by atoms with Gasteiger partial charge in [0, 0.05) is 12.7 Å². The third-order valence-electron chi connectivity index (χ3n) is 2.60. The average Bonchev–Trinajstić information content (AvgIpc) is 2.82. The molecule has 1 N–H and O–H groups in total. The van der Waals surface area contributed by atoms with Crippen LogP contribution in [0.25, 0.3) is 0 Å². The van der Waals surface area contributed by atoms with Gasteiger partial charge in [-0.05, 0) is 25.1 Å². The summed E-state index contributed by atoms with van der Waals surface area (Å²) in [6.45, 7) is 2.90. The van der Waals surface area contributed by atoms with Crippen molar-refractivity contribution in [2.75, 3.05) is 5.32 Å². The second-order valence-corrected chi connectivity index (χ2v) is 3.71. The zero-order chi connectivity index (χ0) is 13.1. The van der Waals surface area contributed by atoms with E-state index in [2.05, 4.69) is 10.4 Å². The Hall–Kier alpha value is -1.98. The summed E-state index contributed by atoms with van der Waals surface area (Å²) in [5.74, 6) is -3.88. The van der Waals surface area contributed by atoms with Gasteiger partial charge in [0.25, 0.3) is 0 Å². The van der Waals surface area contributed by atoms with Crippen LogP contribution in [0.5, 0.6) is 0 Å². The van der Waals surface area contributed by atoms with Crippen molar-refractivity contribution in [1.82, 2.24) is 9.78 Å². The second kappa shape index (κ2) is 5.12. The first kappa shape index (κ1) is 12.5. The van der Waals surface area contributed by atoms with Crippen molar-refractivity contribution in [3.8, 4) is 0 Å². The van der Waals surface area contributed by atoms with E-state index in [1.54, 1.807) is 16.9 Å². The summed E-state index contributed by atoms with van der Waals surface area (Å²) in [6, 6.07) is 3.83. The number of anilines is 1. The molecule has 6 heteroatoms. The highest BCUT2D eigenvalue weighted by atomic mass is 19.2. The average molecular weight is 255 g/mol. The van der Waals surface area contributed by atoms with Gasteiger partial charge in [-0.25, -0.2) is 13.2 Å². The van der Waals surface area contributed by atoms with Crippen LogP contribution in [0, 0.1) is 17.5 Å². The third kappa shape index (κ3) is 2.32. The molecule has 2 aromatic rings. The quantitative estimate of drug-likeness (QED) is 0.851. The van der Waals surface area contributed by atoms with Gasteiger partial charge in [0.2, 0.25) is 0 Å². The molecule has 1 heterocycles. The van der Waals surface area contributed by atoms with Crippen LogP contribution in [0.15, 0.2) is 24.4 Å². The molecular formula is C12H12F3N3. The predicted octanol–water partition coefficient (Wildman–Crippen LogP) is 2.93.